The van der Waals surface area contributed by atoms with Gasteiger partial charge in [0.05, 0.1) is 12.5 Å². The minimum atomic E-state index is -0.870. The topological polar surface area (TPSA) is 16.8 Å². The van der Waals surface area contributed by atoms with Gasteiger partial charge < -0.3 is 0 Å². The summed E-state index contributed by atoms with van der Waals surface area (Å²) in [6.07, 6.45) is 0.679. The van der Waals surface area contributed by atoms with Gasteiger partial charge in [-0.1, -0.05) is 45.0 Å². The second kappa shape index (κ2) is 6.91. The Morgan fingerprint density at radius 1 is 0.929 bits per heavy atom. The highest BCUT2D eigenvalue weighted by atomic mass is 19.2. The summed E-state index contributed by atoms with van der Waals surface area (Å²) in [4.78, 5) is 4.61. The van der Waals surface area contributed by atoms with E-state index in [4.69, 9.17) is 0 Å². The molecule has 0 N–H and O–H groups in total. The molecule has 0 aliphatic heterocycles. The van der Waals surface area contributed by atoms with Crippen LogP contribution < -0.4 is 4.57 Å². The minimum absolute atomic E-state index is 0.0105. The van der Waals surface area contributed by atoms with E-state index in [1.807, 2.05) is 13.0 Å². The maximum Gasteiger partial charge on any atom is 0.234 e. The highest BCUT2D eigenvalue weighted by Gasteiger charge is 2.33. The van der Waals surface area contributed by atoms with Crippen LogP contribution in [0.15, 0.2) is 36.4 Å². The Kier molecular flexibility index (Phi) is 5.03. The number of rotatable bonds is 2. The van der Waals surface area contributed by atoms with Gasteiger partial charge in [0.1, 0.15) is 11.2 Å². The second-order valence-electron chi connectivity index (χ2n) is 9.49. The zero-order valence-corrected chi connectivity index (χ0v) is 17.8. The van der Waals surface area contributed by atoms with Gasteiger partial charge in [0.2, 0.25) is 11.2 Å². The molecule has 0 bridgehead atoms. The molecule has 3 aromatic rings. The number of aryl methyl sites for hydroxylation is 1. The summed E-state index contributed by atoms with van der Waals surface area (Å²) >= 11 is 0. The van der Waals surface area contributed by atoms with Gasteiger partial charge in [-0.3, -0.25) is 0 Å². The van der Waals surface area contributed by atoms with Crippen molar-refractivity contribution in [3.05, 3.63) is 70.5 Å². The Labute approximate surface area is 166 Å². The lowest BCUT2D eigenvalue weighted by atomic mass is 9.82. The number of benzene rings is 2. The monoisotopic (exact) mass is 383 g/mol. The first-order chi connectivity index (χ1) is 12.9. The first-order valence-electron chi connectivity index (χ1n) is 9.69. The summed E-state index contributed by atoms with van der Waals surface area (Å²) in [6, 6.07) is 10.9. The standard InChI is InChI=1S/C24H29F2N2/c1-15-21(12-16-10-8-9-11-17(16)23(2,3)4)28(24(5,6)7)22-14-19(26)18(25)13-20(22)27-15/h8-11,13-14H,12H2,1-7H3/q+1. The van der Waals surface area contributed by atoms with Gasteiger partial charge in [-0.05, 0) is 23.5 Å². The average molecular weight is 384 g/mol. The maximum absolute atomic E-state index is 14.1. The van der Waals surface area contributed by atoms with E-state index in [2.05, 4.69) is 69.3 Å². The molecule has 0 unspecified atom stereocenters. The van der Waals surface area contributed by atoms with Crippen LogP contribution in [0.3, 0.4) is 0 Å². The predicted molar refractivity (Wildman–Crippen MR) is 110 cm³/mol. The zero-order chi connectivity index (χ0) is 20.9. The van der Waals surface area contributed by atoms with Crippen molar-refractivity contribution >= 4 is 11.0 Å². The molecule has 0 spiro atoms. The molecule has 0 saturated heterocycles. The minimum Gasteiger partial charge on any atom is -0.240 e. The SMILES string of the molecule is Cc1nc2cc(F)c(F)cc2[n+](C(C)(C)C)c1Cc1ccccc1C(C)(C)C. The van der Waals surface area contributed by atoms with Crippen LogP contribution in [-0.2, 0) is 17.4 Å². The summed E-state index contributed by atoms with van der Waals surface area (Å²) < 4.78 is 30.0. The van der Waals surface area contributed by atoms with Gasteiger partial charge in [-0.25, -0.2) is 13.8 Å². The van der Waals surface area contributed by atoms with Crippen molar-refractivity contribution in [1.82, 2.24) is 4.98 Å². The highest BCUT2D eigenvalue weighted by molar-refractivity contribution is 5.71. The fraction of sp³-hybridized carbons (Fsp3) is 0.417. The molecule has 0 fully saturated rings. The third-order valence-corrected chi connectivity index (χ3v) is 5.09. The smallest absolute Gasteiger partial charge is 0.234 e. The summed E-state index contributed by atoms with van der Waals surface area (Å²) in [6.45, 7) is 14.8. The Bertz CT molecular complexity index is 1040. The predicted octanol–water partition coefficient (Wildman–Crippen LogP) is 5.75. The molecule has 1 aromatic heterocycles. The first kappa shape index (κ1) is 20.4. The molecule has 4 heteroatoms. The maximum atomic E-state index is 14.1. The van der Waals surface area contributed by atoms with Crippen LogP contribution in [0, 0.1) is 18.6 Å². The van der Waals surface area contributed by atoms with Crippen molar-refractivity contribution in [2.24, 2.45) is 0 Å². The Hall–Kier alpha value is -2.36. The number of nitrogens with zero attached hydrogens (tertiary/aromatic N) is 2. The molecule has 2 aromatic carbocycles. The van der Waals surface area contributed by atoms with Crippen molar-refractivity contribution in [3.63, 3.8) is 0 Å². The van der Waals surface area contributed by atoms with E-state index in [0.29, 0.717) is 17.5 Å². The zero-order valence-electron chi connectivity index (χ0n) is 17.8. The molecule has 148 valence electrons. The summed E-state index contributed by atoms with van der Waals surface area (Å²) in [5, 5.41) is 0. The first-order valence-corrected chi connectivity index (χ1v) is 9.69. The van der Waals surface area contributed by atoms with Crippen LogP contribution in [0.4, 0.5) is 8.78 Å². The summed E-state index contributed by atoms with van der Waals surface area (Å²) in [5.74, 6) is -1.72. The lowest BCUT2D eigenvalue weighted by Gasteiger charge is -2.24. The van der Waals surface area contributed by atoms with Crippen LogP contribution in [0.1, 0.15) is 64.1 Å². The third-order valence-electron chi connectivity index (χ3n) is 5.09. The van der Waals surface area contributed by atoms with Crippen LogP contribution in [0.2, 0.25) is 0 Å². The van der Waals surface area contributed by atoms with Gasteiger partial charge >= 0.3 is 0 Å². The van der Waals surface area contributed by atoms with Crippen LogP contribution in [0.25, 0.3) is 11.0 Å². The molecule has 0 aliphatic carbocycles. The van der Waals surface area contributed by atoms with Crippen molar-refractivity contribution < 1.29 is 13.3 Å². The molecule has 0 saturated carbocycles. The molecular formula is C24H29F2N2+. The second-order valence-corrected chi connectivity index (χ2v) is 9.49. The van der Waals surface area contributed by atoms with Crippen LogP contribution in [0.5, 0.6) is 0 Å². The summed E-state index contributed by atoms with van der Waals surface area (Å²) in [7, 11) is 0. The third kappa shape index (κ3) is 3.78. The van der Waals surface area contributed by atoms with Gasteiger partial charge in [0, 0.05) is 26.8 Å². The fourth-order valence-electron chi connectivity index (χ4n) is 3.91. The van der Waals surface area contributed by atoms with Crippen molar-refractivity contribution in [1.29, 1.82) is 0 Å². The molecule has 0 aliphatic rings. The molecule has 1 heterocycles. The van der Waals surface area contributed by atoms with Gasteiger partial charge in [-0.2, -0.15) is 4.57 Å². The Morgan fingerprint density at radius 2 is 1.54 bits per heavy atom. The number of hydrogen-bond acceptors (Lipinski definition) is 1. The Balaban J connectivity index is 2.31. The van der Waals surface area contributed by atoms with Gasteiger partial charge in [-0.15, -0.1) is 0 Å². The van der Waals surface area contributed by atoms with Crippen molar-refractivity contribution in [3.8, 4) is 0 Å². The average Bonchev–Trinajstić information content (AvgIpc) is 2.56. The van der Waals surface area contributed by atoms with Gasteiger partial charge in [0.25, 0.3) is 0 Å². The van der Waals surface area contributed by atoms with Crippen molar-refractivity contribution in [2.75, 3.05) is 0 Å². The highest BCUT2D eigenvalue weighted by Crippen LogP contribution is 2.28. The largest absolute Gasteiger partial charge is 0.240 e. The van der Waals surface area contributed by atoms with E-state index >= 15 is 0 Å². The molecule has 28 heavy (non-hydrogen) atoms. The lowest BCUT2D eigenvalue weighted by molar-refractivity contribution is -0.737. The Morgan fingerprint density at radius 3 is 2.14 bits per heavy atom. The number of fused-ring (bicyclic) bond motifs is 1. The quantitative estimate of drug-likeness (QED) is 0.515. The van der Waals surface area contributed by atoms with E-state index in [1.54, 1.807) is 0 Å². The molecule has 0 amide bonds. The molecule has 0 radical (unpaired) electrons. The van der Waals surface area contributed by atoms with E-state index in [-0.39, 0.29) is 11.0 Å². The van der Waals surface area contributed by atoms with E-state index < -0.39 is 11.6 Å². The fourth-order valence-corrected chi connectivity index (χ4v) is 3.91. The molecular weight excluding hydrogens is 354 g/mol. The van der Waals surface area contributed by atoms with E-state index in [1.165, 1.54) is 23.3 Å². The number of aromatic nitrogens is 2. The lowest BCUT2D eigenvalue weighted by Crippen LogP contribution is -2.54. The normalized spacial score (nSPS) is 12.6. The number of halogens is 2. The summed E-state index contributed by atoms with van der Waals surface area (Å²) in [5.41, 5.74) is 5.12. The molecule has 3 rings (SSSR count). The van der Waals surface area contributed by atoms with E-state index in [0.717, 1.165) is 11.4 Å². The molecule has 2 nitrogen and oxygen atoms in total. The molecule has 0 atom stereocenters. The van der Waals surface area contributed by atoms with Gasteiger partial charge in [0.15, 0.2) is 17.2 Å². The van der Waals surface area contributed by atoms with Crippen LogP contribution in [-0.4, -0.2) is 4.98 Å². The van der Waals surface area contributed by atoms with Crippen molar-refractivity contribution in [2.45, 2.75) is 65.8 Å². The van der Waals surface area contributed by atoms with Crippen LogP contribution >= 0.6 is 0 Å². The number of hydrogen-bond donors (Lipinski definition) is 0. The van der Waals surface area contributed by atoms with E-state index in [9.17, 15) is 8.78 Å².